The van der Waals surface area contributed by atoms with E-state index in [9.17, 15) is 0 Å². The van der Waals surface area contributed by atoms with Gasteiger partial charge in [0.25, 0.3) is 0 Å². The number of benzene rings is 1. The number of rotatable bonds is 3. The molecule has 0 aliphatic rings. The lowest BCUT2D eigenvalue weighted by Crippen LogP contribution is -2.31. The maximum atomic E-state index is 9.12. The summed E-state index contributed by atoms with van der Waals surface area (Å²) in [6.07, 6.45) is 0. The number of para-hydroxylation sites is 1. The van der Waals surface area contributed by atoms with Crippen LogP contribution in [-0.2, 0) is 0 Å². The average Bonchev–Trinajstić information content (AvgIpc) is 2.71. The van der Waals surface area contributed by atoms with Gasteiger partial charge < -0.3 is 15.4 Å². The van der Waals surface area contributed by atoms with Gasteiger partial charge >= 0.3 is 7.12 Å². The van der Waals surface area contributed by atoms with Crippen LogP contribution in [0.15, 0.2) is 29.8 Å². The molecule has 0 aliphatic carbocycles. The molecule has 1 aromatic carbocycles. The molecule has 0 saturated carbocycles. The summed E-state index contributed by atoms with van der Waals surface area (Å²) in [6, 6.07) is 6.92. The Morgan fingerprint density at radius 3 is 2.73 bits per heavy atom. The summed E-state index contributed by atoms with van der Waals surface area (Å²) >= 11 is 1.34. The fourth-order valence-corrected chi connectivity index (χ4v) is 1.64. The summed E-state index contributed by atoms with van der Waals surface area (Å²) in [6.45, 7) is 0. The van der Waals surface area contributed by atoms with Crippen molar-refractivity contribution >= 4 is 34.7 Å². The van der Waals surface area contributed by atoms with Crippen molar-refractivity contribution in [1.82, 2.24) is 10.2 Å². The summed E-state index contributed by atoms with van der Waals surface area (Å²) in [5.74, 6) is 0. The Morgan fingerprint density at radius 1 is 1.27 bits per heavy atom. The summed E-state index contributed by atoms with van der Waals surface area (Å²) in [7, 11) is -1.50. The lowest BCUT2D eigenvalue weighted by Gasteiger charge is -2.08. The first-order valence-corrected chi connectivity index (χ1v) is 5.13. The minimum Gasteiger partial charge on any atom is -0.423 e. The Bertz CT molecular complexity index is 435. The second-order valence-corrected chi connectivity index (χ2v) is 3.66. The summed E-state index contributed by atoms with van der Waals surface area (Å²) in [5.41, 5.74) is 2.62. The van der Waals surface area contributed by atoms with Crippen molar-refractivity contribution in [2.45, 2.75) is 0 Å². The van der Waals surface area contributed by atoms with E-state index >= 15 is 0 Å². The third kappa shape index (κ3) is 2.32. The van der Waals surface area contributed by atoms with Crippen LogP contribution in [0.2, 0.25) is 0 Å². The fraction of sp³-hybridized carbons (Fsp3) is 0. The van der Waals surface area contributed by atoms with Gasteiger partial charge in [-0.15, -0.1) is 10.2 Å². The Morgan fingerprint density at radius 2 is 2.07 bits per heavy atom. The highest BCUT2D eigenvalue weighted by atomic mass is 32.1. The molecule has 0 fully saturated rings. The second-order valence-electron chi connectivity index (χ2n) is 2.83. The van der Waals surface area contributed by atoms with Crippen LogP contribution in [-0.4, -0.2) is 27.4 Å². The predicted octanol–water partition coefficient (Wildman–Crippen LogP) is -0.0385. The fourth-order valence-electron chi connectivity index (χ4n) is 1.18. The molecule has 1 aromatic heterocycles. The highest BCUT2D eigenvalue weighted by molar-refractivity contribution is 7.13. The Kier molecular flexibility index (Phi) is 2.95. The monoisotopic (exact) mass is 221 g/mol. The molecule has 0 unspecified atom stereocenters. The zero-order valence-electron chi connectivity index (χ0n) is 7.66. The molecule has 15 heavy (non-hydrogen) atoms. The minimum absolute atomic E-state index is 0.410. The van der Waals surface area contributed by atoms with Crippen LogP contribution in [0, 0.1) is 0 Å². The average molecular weight is 221 g/mol. The molecule has 0 amide bonds. The van der Waals surface area contributed by atoms with Gasteiger partial charge in [-0.1, -0.05) is 29.5 Å². The van der Waals surface area contributed by atoms with Crippen molar-refractivity contribution in [1.29, 1.82) is 0 Å². The molecule has 0 atom stereocenters. The maximum absolute atomic E-state index is 9.12. The Labute approximate surface area is 90.6 Å². The third-order valence-corrected chi connectivity index (χ3v) is 2.45. The zero-order chi connectivity index (χ0) is 10.7. The van der Waals surface area contributed by atoms with Crippen LogP contribution in [0.4, 0.5) is 10.8 Å². The number of anilines is 2. The van der Waals surface area contributed by atoms with Gasteiger partial charge in [0.15, 0.2) is 0 Å². The zero-order valence-corrected chi connectivity index (χ0v) is 8.48. The topological polar surface area (TPSA) is 78.3 Å². The number of nitrogens with zero attached hydrogens (tertiary/aromatic N) is 2. The van der Waals surface area contributed by atoms with Gasteiger partial charge in [0, 0.05) is 11.2 Å². The molecule has 0 aliphatic heterocycles. The molecule has 0 spiro atoms. The van der Waals surface area contributed by atoms with Crippen molar-refractivity contribution in [3.05, 3.63) is 29.8 Å². The quantitative estimate of drug-likeness (QED) is 0.634. The highest BCUT2D eigenvalue weighted by Gasteiger charge is 2.15. The van der Waals surface area contributed by atoms with E-state index in [-0.39, 0.29) is 0 Å². The van der Waals surface area contributed by atoms with Gasteiger partial charge in [-0.05, 0) is 6.07 Å². The Hall–Kier alpha value is -1.44. The van der Waals surface area contributed by atoms with E-state index in [1.807, 2.05) is 0 Å². The normalized spacial score (nSPS) is 10.0. The lowest BCUT2D eigenvalue weighted by molar-refractivity contribution is 0.426. The molecule has 0 radical (unpaired) electrons. The standard InChI is InChI=1S/C8H8BN3O2S/c13-9(14)6-3-1-2-4-7(6)11-8-12-10-5-15-8/h1-5,13-14H,(H,11,12). The van der Waals surface area contributed by atoms with Gasteiger partial charge in [-0.3, -0.25) is 0 Å². The van der Waals surface area contributed by atoms with E-state index in [0.717, 1.165) is 0 Å². The molecule has 5 nitrogen and oxygen atoms in total. The first-order valence-electron chi connectivity index (χ1n) is 4.25. The molecule has 3 N–H and O–H groups in total. The maximum Gasteiger partial charge on any atom is 0.490 e. The minimum atomic E-state index is -1.50. The van der Waals surface area contributed by atoms with Gasteiger partial charge in [0.2, 0.25) is 5.13 Å². The molecule has 7 heteroatoms. The SMILES string of the molecule is OB(O)c1ccccc1Nc1nncs1. The highest BCUT2D eigenvalue weighted by Crippen LogP contribution is 2.15. The van der Waals surface area contributed by atoms with Gasteiger partial charge in [-0.25, -0.2) is 0 Å². The van der Waals surface area contributed by atoms with Gasteiger partial charge in [0.1, 0.15) is 5.51 Å². The molecule has 1 heterocycles. The summed E-state index contributed by atoms with van der Waals surface area (Å²) < 4.78 is 0. The molecule has 0 bridgehead atoms. The van der Waals surface area contributed by atoms with Crippen molar-refractivity contribution < 1.29 is 10.0 Å². The molecule has 2 rings (SSSR count). The van der Waals surface area contributed by atoms with Crippen molar-refractivity contribution in [2.75, 3.05) is 5.32 Å². The molecular formula is C8H8BN3O2S. The number of hydrogen-bond donors (Lipinski definition) is 3. The van der Waals surface area contributed by atoms with Crippen LogP contribution in [0.1, 0.15) is 0 Å². The van der Waals surface area contributed by atoms with E-state index in [1.165, 1.54) is 11.3 Å². The molecule has 2 aromatic rings. The van der Waals surface area contributed by atoms with E-state index in [2.05, 4.69) is 15.5 Å². The van der Waals surface area contributed by atoms with Crippen molar-refractivity contribution in [3.8, 4) is 0 Å². The van der Waals surface area contributed by atoms with Crippen molar-refractivity contribution in [3.63, 3.8) is 0 Å². The van der Waals surface area contributed by atoms with Crippen LogP contribution >= 0.6 is 11.3 Å². The first-order chi connectivity index (χ1) is 7.27. The predicted molar refractivity (Wildman–Crippen MR) is 59.5 cm³/mol. The molecular weight excluding hydrogens is 213 g/mol. The Balaban J connectivity index is 2.28. The van der Waals surface area contributed by atoms with E-state index < -0.39 is 7.12 Å². The molecule has 0 saturated heterocycles. The lowest BCUT2D eigenvalue weighted by atomic mass is 9.79. The van der Waals surface area contributed by atoms with Crippen LogP contribution < -0.4 is 10.8 Å². The molecule has 76 valence electrons. The number of nitrogens with one attached hydrogen (secondary N) is 1. The first kappa shape index (κ1) is 10.1. The number of hydrogen-bond acceptors (Lipinski definition) is 6. The van der Waals surface area contributed by atoms with Crippen molar-refractivity contribution in [2.24, 2.45) is 0 Å². The van der Waals surface area contributed by atoms with Gasteiger partial charge in [-0.2, -0.15) is 0 Å². The van der Waals surface area contributed by atoms with Gasteiger partial charge in [0.05, 0.1) is 0 Å². The van der Waals surface area contributed by atoms with E-state index in [4.69, 9.17) is 10.0 Å². The number of aromatic nitrogens is 2. The largest absolute Gasteiger partial charge is 0.490 e. The van der Waals surface area contributed by atoms with Crippen LogP contribution in [0.5, 0.6) is 0 Å². The third-order valence-electron chi connectivity index (χ3n) is 1.84. The smallest absolute Gasteiger partial charge is 0.423 e. The van der Waals surface area contributed by atoms with E-state index in [0.29, 0.717) is 16.3 Å². The summed E-state index contributed by atoms with van der Waals surface area (Å²) in [5, 5.41) is 29.3. The van der Waals surface area contributed by atoms with Crippen LogP contribution in [0.3, 0.4) is 0 Å². The van der Waals surface area contributed by atoms with E-state index in [1.54, 1.807) is 29.8 Å². The van der Waals surface area contributed by atoms with Crippen LogP contribution in [0.25, 0.3) is 0 Å². The summed E-state index contributed by atoms with van der Waals surface area (Å²) in [4.78, 5) is 0. The second kappa shape index (κ2) is 4.39.